The van der Waals surface area contributed by atoms with Gasteiger partial charge < -0.3 is 14.2 Å². The average molecular weight is 1100 g/mol. The summed E-state index contributed by atoms with van der Waals surface area (Å²) >= 11 is 0. The zero-order valence-electron chi connectivity index (χ0n) is 52.1. The molecule has 0 aliphatic carbocycles. The molecule has 0 aromatic heterocycles. The van der Waals surface area contributed by atoms with E-state index in [9.17, 15) is 14.4 Å². The van der Waals surface area contributed by atoms with Crippen molar-refractivity contribution < 1.29 is 28.6 Å². The summed E-state index contributed by atoms with van der Waals surface area (Å²) in [6.07, 6.45) is 89.9. The van der Waals surface area contributed by atoms with E-state index in [1.165, 1.54) is 180 Å². The Morgan fingerprint density at radius 1 is 0.266 bits per heavy atom. The van der Waals surface area contributed by atoms with Crippen LogP contribution in [0, 0.1) is 0 Å². The molecule has 0 bridgehead atoms. The van der Waals surface area contributed by atoms with Crippen LogP contribution in [0.3, 0.4) is 0 Å². The molecule has 1 unspecified atom stereocenters. The molecule has 0 aliphatic rings. The van der Waals surface area contributed by atoms with Gasteiger partial charge in [0.25, 0.3) is 0 Å². The minimum Gasteiger partial charge on any atom is -0.462 e. The normalized spacial score (nSPS) is 12.7. The van der Waals surface area contributed by atoms with Gasteiger partial charge in [0, 0.05) is 19.3 Å². The van der Waals surface area contributed by atoms with Crippen LogP contribution in [0.5, 0.6) is 0 Å². The molecule has 0 saturated carbocycles. The van der Waals surface area contributed by atoms with Crippen molar-refractivity contribution in [2.45, 2.75) is 335 Å². The number of carbonyl (C=O) groups excluding carboxylic acids is 3. The molecule has 0 aromatic carbocycles. The van der Waals surface area contributed by atoms with Gasteiger partial charge in [-0.05, 0) is 122 Å². The smallest absolute Gasteiger partial charge is 0.306 e. The molecule has 1 atom stereocenters. The van der Waals surface area contributed by atoms with Crippen LogP contribution in [0.25, 0.3) is 0 Å². The van der Waals surface area contributed by atoms with E-state index < -0.39 is 6.10 Å². The number of unbranched alkanes of at least 4 members (excludes halogenated alkanes) is 34. The van der Waals surface area contributed by atoms with Crippen molar-refractivity contribution >= 4 is 17.9 Å². The molecule has 0 amide bonds. The first-order chi connectivity index (χ1) is 39.0. The maximum absolute atomic E-state index is 12.9. The number of carbonyl (C=O) groups is 3. The highest BCUT2D eigenvalue weighted by Gasteiger charge is 2.19. The van der Waals surface area contributed by atoms with Gasteiger partial charge in [-0.15, -0.1) is 0 Å². The van der Waals surface area contributed by atoms with Crippen molar-refractivity contribution in [2.75, 3.05) is 13.2 Å². The Labute approximate surface area is 489 Å². The Morgan fingerprint density at radius 2 is 0.494 bits per heavy atom. The number of hydrogen-bond acceptors (Lipinski definition) is 6. The van der Waals surface area contributed by atoms with E-state index in [2.05, 4.69) is 118 Å². The van der Waals surface area contributed by atoms with Gasteiger partial charge in [-0.3, -0.25) is 14.4 Å². The lowest BCUT2D eigenvalue weighted by molar-refractivity contribution is -0.167. The molecule has 0 N–H and O–H groups in total. The maximum atomic E-state index is 12.9. The van der Waals surface area contributed by atoms with Crippen LogP contribution in [0.15, 0.2) is 97.2 Å². The number of ether oxygens (including phenoxy) is 3. The van der Waals surface area contributed by atoms with Gasteiger partial charge in [-0.2, -0.15) is 0 Å². The monoisotopic (exact) mass is 1100 g/mol. The van der Waals surface area contributed by atoms with E-state index in [0.717, 1.165) is 109 Å². The summed E-state index contributed by atoms with van der Waals surface area (Å²) in [6.45, 7) is 6.50. The lowest BCUT2D eigenvalue weighted by Crippen LogP contribution is -2.30. The van der Waals surface area contributed by atoms with Crippen molar-refractivity contribution in [2.24, 2.45) is 0 Å². The number of esters is 3. The second-order valence-electron chi connectivity index (χ2n) is 22.3. The van der Waals surface area contributed by atoms with Crippen LogP contribution in [0.2, 0.25) is 0 Å². The van der Waals surface area contributed by atoms with Gasteiger partial charge in [0.2, 0.25) is 0 Å². The number of rotatable bonds is 61. The van der Waals surface area contributed by atoms with Gasteiger partial charge in [0.15, 0.2) is 6.10 Å². The van der Waals surface area contributed by atoms with Crippen LogP contribution in [-0.2, 0) is 28.6 Å². The van der Waals surface area contributed by atoms with Crippen LogP contribution >= 0.6 is 0 Å². The molecule has 6 heteroatoms. The Balaban J connectivity index is 4.37. The molecule has 79 heavy (non-hydrogen) atoms. The van der Waals surface area contributed by atoms with E-state index in [4.69, 9.17) is 14.2 Å². The van der Waals surface area contributed by atoms with Crippen LogP contribution in [0.4, 0.5) is 0 Å². The van der Waals surface area contributed by atoms with Crippen LogP contribution in [-0.4, -0.2) is 37.2 Å². The van der Waals surface area contributed by atoms with Gasteiger partial charge >= 0.3 is 17.9 Å². The predicted octanol–water partition coefficient (Wildman–Crippen LogP) is 23.2. The quantitative estimate of drug-likeness (QED) is 0.0261. The molecule has 0 aliphatic heterocycles. The van der Waals surface area contributed by atoms with E-state index in [0.29, 0.717) is 19.3 Å². The van der Waals surface area contributed by atoms with E-state index in [1.54, 1.807) is 0 Å². The summed E-state index contributed by atoms with van der Waals surface area (Å²) < 4.78 is 17.0. The molecule has 454 valence electrons. The maximum Gasteiger partial charge on any atom is 0.306 e. The zero-order valence-corrected chi connectivity index (χ0v) is 52.1. The fourth-order valence-electron chi connectivity index (χ4n) is 9.50. The van der Waals surface area contributed by atoms with Crippen molar-refractivity contribution in [1.82, 2.24) is 0 Å². The molecule has 0 radical (unpaired) electrons. The first kappa shape index (κ1) is 75.3. The van der Waals surface area contributed by atoms with Crippen LogP contribution in [0.1, 0.15) is 329 Å². The van der Waals surface area contributed by atoms with E-state index >= 15 is 0 Å². The highest BCUT2D eigenvalue weighted by Crippen LogP contribution is 2.16. The second-order valence-corrected chi connectivity index (χ2v) is 22.3. The Hall–Kier alpha value is -3.67. The van der Waals surface area contributed by atoms with Gasteiger partial charge in [0.1, 0.15) is 13.2 Å². The summed E-state index contributed by atoms with van der Waals surface area (Å²) in [5.41, 5.74) is 0. The number of hydrogen-bond donors (Lipinski definition) is 0. The molecule has 0 rings (SSSR count). The molecule has 6 nitrogen and oxygen atoms in total. The third-order valence-corrected chi connectivity index (χ3v) is 14.5. The molecule has 0 fully saturated rings. The Morgan fingerprint density at radius 3 is 0.797 bits per heavy atom. The van der Waals surface area contributed by atoms with E-state index in [1.807, 2.05) is 0 Å². The minimum absolute atomic E-state index is 0.0865. The highest BCUT2D eigenvalue weighted by molar-refractivity contribution is 5.71. The van der Waals surface area contributed by atoms with Crippen molar-refractivity contribution in [3.05, 3.63) is 97.2 Å². The van der Waals surface area contributed by atoms with Gasteiger partial charge in [-0.25, -0.2) is 0 Å². The zero-order chi connectivity index (χ0) is 57.1. The van der Waals surface area contributed by atoms with Crippen molar-refractivity contribution in [3.63, 3.8) is 0 Å². The highest BCUT2D eigenvalue weighted by atomic mass is 16.6. The third kappa shape index (κ3) is 65.0. The molecular formula is C73H126O6. The fourth-order valence-corrected chi connectivity index (χ4v) is 9.50. The molecule has 0 saturated heterocycles. The molecular weight excluding hydrogens is 973 g/mol. The summed E-state index contributed by atoms with van der Waals surface area (Å²) in [4.78, 5) is 38.4. The average Bonchev–Trinajstić information content (AvgIpc) is 3.45. The standard InChI is InChI=1S/C73H126O6/c1-4-7-10-13-16-19-22-25-28-31-33-34-35-36-37-38-40-42-45-48-51-54-57-60-63-66-72(75)78-69-70(68-77-71(74)65-62-59-56-53-50-47-44-41-30-27-24-21-18-15-12-9-6-3)79-73(76)67-64-61-58-55-52-49-46-43-39-32-29-26-23-20-17-14-11-8-5-2/h9,12,17-18,20-22,25-27,29-31,33,44,47,70H,4-8,10-11,13-16,19,23-24,28,32,34-43,45-46,48-69H2,1-3H3/b12-9-,20-17-,21-18-,25-22-,29-26-,30-27-,33-31-,47-44-. The Bertz CT molecular complexity index is 1540. The predicted molar refractivity (Wildman–Crippen MR) is 344 cm³/mol. The Kier molecular flexibility index (Phi) is 63.7. The van der Waals surface area contributed by atoms with Crippen LogP contribution < -0.4 is 0 Å². The first-order valence-electron chi connectivity index (χ1n) is 33.7. The molecule has 0 aromatic rings. The molecule has 0 heterocycles. The van der Waals surface area contributed by atoms with Crippen molar-refractivity contribution in [3.8, 4) is 0 Å². The van der Waals surface area contributed by atoms with Gasteiger partial charge in [-0.1, -0.05) is 285 Å². The first-order valence-corrected chi connectivity index (χ1v) is 33.7. The minimum atomic E-state index is -0.793. The summed E-state index contributed by atoms with van der Waals surface area (Å²) in [6, 6.07) is 0. The third-order valence-electron chi connectivity index (χ3n) is 14.5. The fraction of sp³-hybridized carbons (Fsp3) is 0.740. The topological polar surface area (TPSA) is 78.9 Å². The summed E-state index contributed by atoms with van der Waals surface area (Å²) in [5, 5.41) is 0. The lowest BCUT2D eigenvalue weighted by Gasteiger charge is -2.18. The van der Waals surface area contributed by atoms with E-state index in [-0.39, 0.29) is 31.1 Å². The SMILES string of the molecule is CC/C=C\C/C=C\C/C=C\C/C=C\CCCCCCC(=O)OCC(COC(=O)CCCCCCCCCCCCCCC/C=C\C/C=C\CCCCCCC)OC(=O)CCCCCCCCCCC/C=C\C/C=C\CCCCC. The van der Waals surface area contributed by atoms with Crippen molar-refractivity contribution in [1.29, 1.82) is 0 Å². The summed E-state index contributed by atoms with van der Waals surface area (Å²) in [7, 11) is 0. The lowest BCUT2D eigenvalue weighted by atomic mass is 10.0. The second kappa shape index (κ2) is 66.8. The number of allylic oxidation sites excluding steroid dienone is 16. The largest absolute Gasteiger partial charge is 0.462 e. The van der Waals surface area contributed by atoms with Gasteiger partial charge in [0.05, 0.1) is 0 Å². The summed E-state index contributed by atoms with van der Waals surface area (Å²) in [5.74, 6) is -0.903. The molecule has 0 spiro atoms.